The normalized spacial score (nSPS) is 17.4. The molecule has 2 aliphatic rings. The molecule has 1 aromatic heterocycles. The summed E-state index contributed by atoms with van der Waals surface area (Å²) in [7, 11) is -1.56. The quantitative estimate of drug-likeness (QED) is 0.679. The first-order valence-electron chi connectivity index (χ1n) is 5.90. The Morgan fingerprint density at radius 1 is 1.60 bits per heavy atom. The average Bonchev–Trinajstić information content (AvgIpc) is 3.06. The molecule has 1 aromatic rings. The highest BCUT2D eigenvalue weighted by molar-refractivity contribution is 7.86. The van der Waals surface area contributed by atoms with Gasteiger partial charge in [0, 0.05) is 12.4 Å². The van der Waals surface area contributed by atoms with Crippen LogP contribution >= 0.6 is 0 Å². The monoisotopic (exact) mass is 293 g/mol. The van der Waals surface area contributed by atoms with Crippen LogP contribution in [0.4, 0.5) is 5.95 Å². The molecule has 0 radical (unpaired) electrons. The topological polar surface area (TPSA) is 116 Å². The van der Waals surface area contributed by atoms with Crippen LogP contribution in [-0.4, -0.2) is 58.4 Å². The van der Waals surface area contributed by atoms with E-state index in [9.17, 15) is 9.00 Å². The van der Waals surface area contributed by atoms with Crippen LogP contribution in [-0.2, 0) is 14.8 Å². The zero-order valence-electron chi connectivity index (χ0n) is 10.5. The minimum absolute atomic E-state index is 0.114. The summed E-state index contributed by atoms with van der Waals surface area (Å²) in [4.78, 5) is 18.2. The number of anilines is 1. The highest BCUT2D eigenvalue weighted by atomic mass is 32.1. The number of carbonyl (C=O) groups is 1. The predicted octanol–water partition coefficient (Wildman–Crippen LogP) is -1.16. The summed E-state index contributed by atoms with van der Waals surface area (Å²) >= 11 is 0. The zero-order valence-corrected chi connectivity index (χ0v) is 11.3. The van der Waals surface area contributed by atoms with Gasteiger partial charge in [-0.2, -0.15) is 0 Å². The van der Waals surface area contributed by atoms with E-state index < -0.39 is 15.9 Å². The predicted molar refractivity (Wildman–Crippen MR) is 74.5 cm³/mol. The second kappa shape index (κ2) is 4.89. The Bertz CT molecular complexity index is 760. The lowest BCUT2D eigenvalue weighted by Gasteiger charge is -2.18. The molecular weight excluding hydrogens is 282 g/mol. The van der Waals surface area contributed by atoms with Crippen LogP contribution in [0.15, 0.2) is 16.8 Å². The smallest absolute Gasteiger partial charge is 0.268 e. The molecule has 2 N–H and O–H groups in total. The summed E-state index contributed by atoms with van der Waals surface area (Å²) in [5.41, 5.74) is 1.02. The fraction of sp³-hybridized carbons (Fsp3) is 0.300. The van der Waals surface area contributed by atoms with Crippen LogP contribution in [0.1, 0.15) is 13.3 Å². The first-order chi connectivity index (χ1) is 9.69. The summed E-state index contributed by atoms with van der Waals surface area (Å²) in [5, 5.41) is 15.5. The number of nitrogens with one attached hydrogen (secondary N) is 2. The zero-order chi connectivity index (χ0) is 14.1. The standard InChI is InChI=1S/C10H11N7O2S/c1-2-6-3-11-10-17(4-6)5-7(20(10)19)8(18)12-9-13-15-16-14-9/h3-4H,2,5H2,1H3,(H2,12,13,14,15,16,18). The number of aromatic amines is 1. The van der Waals surface area contributed by atoms with Gasteiger partial charge in [-0.3, -0.25) is 10.1 Å². The second-order valence-corrected chi connectivity index (χ2v) is 5.52. The van der Waals surface area contributed by atoms with Crippen LogP contribution in [0.5, 0.6) is 0 Å². The molecule has 3 rings (SSSR count). The third kappa shape index (κ3) is 2.09. The van der Waals surface area contributed by atoms with Gasteiger partial charge in [0.2, 0.25) is 11.1 Å². The van der Waals surface area contributed by atoms with E-state index in [1.807, 2.05) is 13.1 Å². The molecule has 2 aliphatic heterocycles. The molecule has 0 spiro atoms. The van der Waals surface area contributed by atoms with Gasteiger partial charge < -0.3 is 4.90 Å². The summed E-state index contributed by atoms with van der Waals surface area (Å²) in [6.07, 6.45) is 4.35. The molecule has 10 heteroatoms. The Morgan fingerprint density at radius 2 is 2.45 bits per heavy atom. The summed E-state index contributed by atoms with van der Waals surface area (Å²) in [5.74, 6) is -0.368. The third-order valence-corrected chi connectivity index (χ3v) is 4.28. The molecule has 20 heavy (non-hydrogen) atoms. The van der Waals surface area contributed by atoms with Gasteiger partial charge in [-0.05, 0) is 22.4 Å². The van der Waals surface area contributed by atoms with Gasteiger partial charge in [0.05, 0.1) is 16.5 Å². The van der Waals surface area contributed by atoms with E-state index in [0.717, 1.165) is 12.0 Å². The molecule has 0 unspecified atom stereocenters. The van der Waals surface area contributed by atoms with E-state index in [1.165, 1.54) is 0 Å². The van der Waals surface area contributed by atoms with Gasteiger partial charge in [-0.25, -0.2) is 14.3 Å². The molecule has 1 amide bonds. The highest BCUT2D eigenvalue weighted by Crippen LogP contribution is 2.12. The molecule has 104 valence electrons. The number of nitrogens with zero attached hydrogens (tertiary/aromatic N) is 5. The number of aromatic nitrogens is 4. The third-order valence-electron chi connectivity index (χ3n) is 2.85. The van der Waals surface area contributed by atoms with Crippen molar-refractivity contribution in [3.63, 3.8) is 0 Å². The van der Waals surface area contributed by atoms with Crippen molar-refractivity contribution in [2.45, 2.75) is 13.3 Å². The largest absolute Gasteiger partial charge is 0.317 e. The molecule has 0 bridgehead atoms. The Balaban J connectivity index is 1.87. The molecular formula is C10H11N7O2S. The average molecular weight is 293 g/mol. The Morgan fingerprint density at radius 3 is 3.15 bits per heavy atom. The SMILES string of the molecule is CCC1=CN2CC(C(=O)Nc3nnn[nH]3)=S(=O)=C2N=C1. The second-order valence-electron chi connectivity index (χ2n) is 4.12. The van der Waals surface area contributed by atoms with E-state index in [4.69, 9.17) is 0 Å². The number of H-pyrrole nitrogens is 1. The number of carbonyl (C=O) groups excluding carboxylic acids is 1. The molecule has 3 heterocycles. The van der Waals surface area contributed by atoms with Gasteiger partial charge in [-0.1, -0.05) is 12.0 Å². The minimum Gasteiger partial charge on any atom is -0.317 e. The van der Waals surface area contributed by atoms with E-state index >= 15 is 0 Å². The first kappa shape index (κ1) is 12.5. The number of rotatable bonds is 3. The molecule has 0 aromatic carbocycles. The van der Waals surface area contributed by atoms with Crippen molar-refractivity contribution in [3.05, 3.63) is 11.8 Å². The highest BCUT2D eigenvalue weighted by Gasteiger charge is 2.27. The molecule has 0 saturated carbocycles. The Hall–Kier alpha value is -2.49. The summed E-state index contributed by atoms with van der Waals surface area (Å²) in [6.45, 7) is 2.25. The van der Waals surface area contributed by atoms with Crippen molar-refractivity contribution < 1.29 is 9.00 Å². The van der Waals surface area contributed by atoms with E-state index in [0.29, 0.717) is 5.11 Å². The van der Waals surface area contributed by atoms with E-state index in [1.54, 1.807) is 11.1 Å². The molecule has 0 aliphatic carbocycles. The maximum atomic E-state index is 12.2. The van der Waals surface area contributed by atoms with Crippen LogP contribution in [0, 0.1) is 0 Å². The summed E-state index contributed by atoms with van der Waals surface area (Å²) < 4.78 is 12.2. The van der Waals surface area contributed by atoms with Gasteiger partial charge >= 0.3 is 0 Å². The fourth-order valence-corrected chi connectivity index (χ4v) is 2.99. The van der Waals surface area contributed by atoms with Crippen LogP contribution in [0.2, 0.25) is 0 Å². The number of hydrogen-bond acceptors (Lipinski definition) is 7. The van der Waals surface area contributed by atoms with Crippen molar-refractivity contribution in [3.8, 4) is 0 Å². The molecule has 0 atom stereocenters. The first-order valence-corrected chi connectivity index (χ1v) is 7.05. The van der Waals surface area contributed by atoms with Gasteiger partial charge in [0.15, 0.2) is 0 Å². The number of amides is 1. The Labute approximate surface area is 115 Å². The maximum Gasteiger partial charge on any atom is 0.268 e. The lowest BCUT2D eigenvalue weighted by molar-refractivity contribution is -0.110. The lowest BCUT2D eigenvalue weighted by Crippen LogP contribution is -2.32. The van der Waals surface area contributed by atoms with Crippen molar-refractivity contribution >= 4 is 38.0 Å². The maximum absolute atomic E-state index is 12.2. The van der Waals surface area contributed by atoms with Crippen molar-refractivity contribution in [2.75, 3.05) is 11.9 Å². The number of hydrogen-bond donors (Lipinski definition) is 2. The van der Waals surface area contributed by atoms with Crippen LogP contribution < -0.4 is 5.32 Å². The number of fused-ring (bicyclic) bond motifs is 1. The van der Waals surface area contributed by atoms with Crippen molar-refractivity contribution in [1.82, 2.24) is 25.5 Å². The molecule has 0 fully saturated rings. The number of tetrazole rings is 1. The fourth-order valence-electron chi connectivity index (χ4n) is 1.82. The number of aliphatic imine (C=N–C) groups is 1. The minimum atomic E-state index is -1.56. The van der Waals surface area contributed by atoms with E-state index in [-0.39, 0.29) is 17.4 Å². The Kier molecular flexibility index (Phi) is 3.06. The lowest BCUT2D eigenvalue weighted by atomic mass is 10.2. The summed E-state index contributed by atoms with van der Waals surface area (Å²) in [6, 6.07) is 0. The van der Waals surface area contributed by atoms with E-state index in [2.05, 4.69) is 30.9 Å². The molecule has 0 saturated heterocycles. The van der Waals surface area contributed by atoms with Gasteiger partial charge in [-0.15, -0.1) is 0 Å². The van der Waals surface area contributed by atoms with Crippen molar-refractivity contribution in [2.24, 2.45) is 4.99 Å². The van der Waals surface area contributed by atoms with Crippen LogP contribution in [0.25, 0.3) is 0 Å². The van der Waals surface area contributed by atoms with Gasteiger partial charge in [0.1, 0.15) is 4.86 Å². The van der Waals surface area contributed by atoms with Crippen LogP contribution in [0.3, 0.4) is 0 Å². The molecule has 9 nitrogen and oxygen atoms in total. The van der Waals surface area contributed by atoms with Crippen molar-refractivity contribution in [1.29, 1.82) is 0 Å². The van der Waals surface area contributed by atoms with Gasteiger partial charge in [0.25, 0.3) is 5.91 Å². The number of allylic oxidation sites excluding steroid dienone is 1.